The van der Waals surface area contributed by atoms with Crippen molar-refractivity contribution in [1.82, 2.24) is 0 Å². The highest BCUT2D eigenvalue weighted by Crippen LogP contribution is 2.15. The van der Waals surface area contributed by atoms with E-state index in [4.69, 9.17) is 76.9 Å². The highest BCUT2D eigenvalue weighted by atomic mass is 16.4. The average Bonchev–Trinajstić information content (AvgIpc) is 2.93. The molecule has 0 saturated heterocycles. The van der Waals surface area contributed by atoms with Crippen molar-refractivity contribution < 1.29 is 110 Å². The smallest absolute Gasteiger partial charge is 0.336 e. The van der Waals surface area contributed by atoms with Gasteiger partial charge in [-0.05, 0) is 6.42 Å². The van der Waals surface area contributed by atoms with Gasteiger partial charge in [0.1, 0.15) is 30.8 Å². The number of aliphatic hydroxyl groups excluding tert-OH is 4. The molecule has 282 valence electrons. The third-order valence-electron chi connectivity index (χ3n) is 4.02. The zero-order valence-electron chi connectivity index (χ0n) is 25.7. The molecule has 0 aromatic rings. The SMILES string of the molecule is CC(=O)O.CCCC[C@H](N)C(=O)O.NCC(=O)O.O=C(O)CC(=O)O.O=C(O)CC(O)(CC(=O)O)C(=O)O.O=C[C@H](O)[C@@H](O)[C@H](O)CO. The second-order valence-corrected chi connectivity index (χ2v) is 8.51. The molecule has 0 rings (SSSR count). The summed E-state index contributed by atoms with van der Waals surface area (Å²) >= 11 is 0. The maximum atomic E-state index is 10.3. The van der Waals surface area contributed by atoms with Crippen LogP contribution < -0.4 is 11.5 Å². The van der Waals surface area contributed by atoms with E-state index in [0.29, 0.717) is 6.42 Å². The third kappa shape index (κ3) is 48.1. The van der Waals surface area contributed by atoms with Gasteiger partial charge >= 0.3 is 41.8 Å². The number of carbonyl (C=O) groups is 9. The second kappa shape index (κ2) is 33.5. The number of unbranched alkanes of at least 4 members (excludes halogenated alkanes) is 1. The molecule has 48 heavy (non-hydrogen) atoms. The van der Waals surface area contributed by atoms with Crippen molar-refractivity contribution in [2.45, 2.75) is 82.3 Å². The lowest BCUT2D eigenvalue weighted by atomic mass is 9.96. The Labute approximate surface area is 271 Å². The summed E-state index contributed by atoms with van der Waals surface area (Å²) in [5.41, 5.74) is 7.04. The van der Waals surface area contributed by atoms with E-state index in [2.05, 4.69) is 5.73 Å². The Morgan fingerprint density at radius 2 is 1.10 bits per heavy atom. The molecule has 24 nitrogen and oxygen atoms in total. The van der Waals surface area contributed by atoms with Gasteiger partial charge in [0.25, 0.3) is 5.97 Å². The predicted octanol–water partition coefficient (Wildman–Crippen LogP) is -4.73. The lowest BCUT2D eigenvalue weighted by molar-refractivity contribution is -0.170. The molecule has 0 fully saturated rings. The van der Waals surface area contributed by atoms with Gasteiger partial charge in [-0.25, -0.2) is 4.79 Å². The maximum absolute atomic E-state index is 10.3. The minimum absolute atomic E-state index is 0.0869. The number of rotatable bonds is 16. The molecule has 17 N–H and O–H groups in total. The molecule has 4 atom stereocenters. The van der Waals surface area contributed by atoms with Crippen molar-refractivity contribution in [3.63, 3.8) is 0 Å². The Morgan fingerprint density at radius 1 is 0.750 bits per heavy atom. The number of carboxylic acids is 8. The number of nitrogens with two attached hydrogens (primary N) is 2. The molecule has 0 aromatic carbocycles. The Bertz CT molecular complexity index is 955. The van der Waals surface area contributed by atoms with Crippen LogP contribution >= 0.6 is 0 Å². The van der Waals surface area contributed by atoms with Crippen molar-refractivity contribution in [3.05, 3.63) is 0 Å². The van der Waals surface area contributed by atoms with Gasteiger partial charge in [0, 0.05) is 6.92 Å². The van der Waals surface area contributed by atoms with Gasteiger partial charge in [0.2, 0.25) is 0 Å². The number of aliphatic hydroxyl groups is 5. The van der Waals surface area contributed by atoms with E-state index >= 15 is 0 Å². The van der Waals surface area contributed by atoms with Crippen LogP contribution in [0.2, 0.25) is 0 Å². The van der Waals surface area contributed by atoms with Gasteiger partial charge in [0.15, 0.2) is 11.9 Å². The molecule has 0 aliphatic carbocycles. The first-order valence-corrected chi connectivity index (χ1v) is 12.8. The fraction of sp³-hybridized carbons (Fsp3) is 0.625. The highest BCUT2D eigenvalue weighted by Gasteiger charge is 2.40. The predicted molar refractivity (Wildman–Crippen MR) is 153 cm³/mol. The summed E-state index contributed by atoms with van der Waals surface area (Å²) < 4.78 is 0. The van der Waals surface area contributed by atoms with Crippen LogP contribution in [0, 0.1) is 0 Å². The number of aldehydes is 1. The lowest BCUT2D eigenvalue weighted by Gasteiger charge is -2.18. The fourth-order valence-electron chi connectivity index (χ4n) is 1.81. The summed E-state index contributed by atoms with van der Waals surface area (Å²) in [4.78, 5) is 87.4. The average molecular weight is 713 g/mol. The molecular weight excluding hydrogens is 668 g/mol. The summed E-state index contributed by atoms with van der Waals surface area (Å²) in [5, 5.41) is 107. The Hall–Kier alpha value is -4.85. The summed E-state index contributed by atoms with van der Waals surface area (Å²) in [6.45, 7) is 2.13. The molecule has 0 aliphatic rings. The molecule has 0 unspecified atom stereocenters. The zero-order chi connectivity index (χ0) is 39.8. The van der Waals surface area contributed by atoms with E-state index in [1.807, 2.05) is 6.92 Å². The largest absolute Gasteiger partial charge is 0.481 e. The summed E-state index contributed by atoms with van der Waals surface area (Å²) in [7, 11) is 0. The first-order chi connectivity index (χ1) is 21.7. The lowest BCUT2D eigenvalue weighted by Crippen LogP contribution is -2.42. The van der Waals surface area contributed by atoms with Gasteiger partial charge in [-0.15, -0.1) is 0 Å². The number of carbonyl (C=O) groups excluding carboxylic acids is 1. The quantitative estimate of drug-likeness (QED) is 0.0527. The first kappa shape index (κ1) is 55.5. The van der Waals surface area contributed by atoms with Crippen molar-refractivity contribution in [2.24, 2.45) is 11.5 Å². The van der Waals surface area contributed by atoms with E-state index in [0.717, 1.165) is 19.8 Å². The zero-order valence-corrected chi connectivity index (χ0v) is 25.7. The van der Waals surface area contributed by atoms with Crippen molar-refractivity contribution in [3.8, 4) is 0 Å². The number of hydrogen-bond acceptors (Lipinski definition) is 16. The van der Waals surface area contributed by atoms with Crippen LogP contribution in [0.1, 0.15) is 52.4 Å². The topological polar surface area (TPSA) is 469 Å². The van der Waals surface area contributed by atoms with E-state index in [1.165, 1.54) is 0 Å². The maximum Gasteiger partial charge on any atom is 0.336 e. The monoisotopic (exact) mass is 712 g/mol. The molecule has 0 bridgehead atoms. The summed E-state index contributed by atoms with van der Waals surface area (Å²) in [6.07, 6.45) is -5.24. The van der Waals surface area contributed by atoms with Crippen molar-refractivity contribution in [1.29, 1.82) is 0 Å². The fourth-order valence-corrected chi connectivity index (χ4v) is 1.81. The Balaban J connectivity index is -0.000000115. The van der Waals surface area contributed by atoms with E-state index in [-0.39, 0.29) is 12.8 Å². The van der Waals surface area contributed by atoms with Gasteiger partial charge in [-0.2, -0.15) is 0 Å². The van der Waals surface area contributed by atoms with Crippen molar-refractivity contribution >= 4 is 54.0 Å². The first-order valence-electron chi connectivity index (χ1n) is 12.8. The number of carboxylic acid groups (broad SMARTS) is 8. The number of hydrogen-bond donors (Lipinski definition) is 15. The van der Waals surface area contributed by atoms with E-state index in [9.17, 15) is 38.4 Å². The molecule has 0 spiro atoms. The van der Waals surface area contributed by atoms with Crippen molar-refractivity contribution in [2.75, 3.05) is 13.2 Å². The van der Waals surface area contributed by atoms with Crippen LogP contribution in [0.3, 0.4) is 0 Å². The van der Waals surface area contributed by atoms with Crippen LogP contribution in [0.5, 0.6) is 0 Å². The van der Waals surface area contributed by atoms with Gasteiger partial charge < -0.3 is 82.6 Å². The third-order valence-corrected chi connectivity index (χ3v) is 4.02. The normalized spacial score (nSPS) is 11.9. The molecule has 0 radical (unpaired) electrons. The van der Waals surface area contributed by atoms with Crippen LogP contribution in [-0.2, 0) is 43.2 Å². The summed E-state index contributed by atoms with van der Waals surface area (Å²) in [5.74, 6) is -10.3. The van der Waals surface area contributed by atoms with Gasteiger partial charge in [0.05, 0.1) is 26.0 Å². The molecule has 0 saturated carbocycles. The number of aliphatic carboxylic acids is 8. The van der Waals surface area contributed by atoms with Crippen LogP contribution in [0.25, 0.3) is 0 Å². The Morgan fingerprint density at radius 3 is 1.27 bits per heavy atom. The van der Waals surface area contributed by atoms with E-state index < -0.39 is 104 Å². The highest BCUT2D eigenvalue weighted by molar-refractivity contribution is 5.89. The van der Waals surface area contributed by atoms with Gasteiger partial charge in [-0.1, -0.05) is 19.8 Å². The standard InChI is InChI=1S/C6H13NO2.C6H8O7.C5H10O5.C3H4O4.C2H5NO2.C2H4O2/c1-2-3-4-5(7)6(8)9;7-3(8)1-6(13,5(11)12)2-4(9)10;6-1-3(8)5(10)4(9)2-7;4-2(5)1-3(6)7;3-1-2(4)5;1-2(3)4/h5H,2-4,7H2,1H3,(H,8,9);13H,1-2H2,(H,7,8)(H,9,10)(H,11,12);1,3-5,7-10H,2H2;1H2,(H,4,5)(H,6,7);1,3H2,(H,4,5);1H3,(H,3,4)/t5-;;3-,4+,5+;;;/m0.0.../s1. The van der Waals surface area contributed by atoms with Crippen LogP contribution in [0.4, 0.5) is 0 Å². The summed E-state index contributed by atoms with van der Waals surface area (Å²) in [6, 6.07) is -0.662. The minimum Gasteiger partial charge on any atom is -0.481 e. The van der Waals surface area contributed by atoms with Crippen LogP contribution in [-0.4, -0.2) is 164 Å². The van der Waals surface area contributed by atoms with Crippen LogP contribution in [0.15, 0.2) is 0 Å². The van der Waals surface area contributed by atoms with Gasteiger partial charge in [-0.3, -0.25) is 33.6 Å². The molecule has 0 amide bonds. The minimum atomic E-state index is -2.74. The molecular formula is C24H44N2O22. The molecule has 0 aromatic heterocycles. The molecule has 0 heterocycles. The van der Waals surface area contributed by atoms with E-state index in [1.54, 1.807) is 0 Å². The molecule has 0 aliphatic heterocycles. The Kier molecular flexibility index (Phi) is 38.8. The molecule has 24 heteroatoms. The second-order valence-electron chi connectivity index (χ2n) is 8.51.